The van der Waals surface area contributed by atoms with E-state index in [0.29, 0.717) is 22.0 Å². The standard InChI is InChI=1S/C27H26F4N6O4/c1-3-41-22(38)12-21-23-33-35-26(27(29,30)31)37(23)14(2)13-36(21)25(40)18-10-15(8-9-19(18)28)11-20-16-6-4-5-7-17(16)24(39)34-32-20/h4-10,14,21-22,38H,3,11-13H2,1-2H3,(H,34,39). The van der Waals surface area contributed by atoms with Crippen LogP contribution < -0.4 is 5.56 Å². The minimum Gasteiger partial charge on any atom is -0.368 e. The van der Waals surface area contributed by atoms with E-state index in [1.165, 1.54) is 24.0 Å². The van der Waals surface area contributed by atoms with Crippen LogP contribution in [-0.2, 0) is 17.3 Å². The zero-order valence-corrected chi connectivity index (χ0v) is 22.0. The Morgan fingerprint density at radius 3 is 2.63 bits per heavy atom. The van der Waals surface area contributed by atoms with Crippen molar-refractivity contribution < 1.29 is 32.2 Å². The van der Waals surface area contributed by atoms with Gasteiger partial charge in [-0.2, -0.15) is 18.3 Å². The topological polar surface area (TPSA) is 126 Å². The third-order valence-corrected chi connectivity index (χ3v) is 7.00. The van der Waals surface area contributed by atoms with Gasteiger partial charge in [-0.25, -0.2) is 9.49 Å². The van der Waals surface area contributed by atoms with Crippen molar-refractivity contribution in [2.75, 3.05) is 13.2 Å². The van der Waals surface area contributed by atoms with Crippen LogP contribution in [0.3, 0.4) is 0 Å². The number of alkyl halides is 3. The molecule has 216 valence electrons. The number of halogens is 4. The number of amides is 1. The van der Waals surface area contributed by atoms with Crippen molar-refractivity contribution in [1.29, 1.82) is 0 Å². The van der Waals surface area contributed by atoms with Gasteiger partial charge in [-0.1, -0.05) is 24.3 Å². The average molecular weight is 575 g/mol. The number of nitrogens with zero attached hydrogens (tertiary/aromatic N) is 5. The molecule has 2 N–H and O–H groups in total. The SMILES string of the molecule is CCOC(O)CC1c2nnc(C(F)(F)F)n2C(C)CN1C(=O)c1cc(Cc2n[nH]c(=O)c3ccccc23)ccc1F. The van der Waals surface area contributed by atoms with Crippen molar-refractivity contribution in [3.8, 4) is 0 Å². The highest BCUT2D eigenvalue weighted by Gasteiger charge is 2.45. The number of aliphatic hydroxyl groups excluding tert-OH is 1. The van der Waals surface area contributed by atoms with Crippen LogP contribution in [-0.4, -0.2) is 60.3 Å². The normalized spacial score (nSPS) is 18.0. The molecule has 1 amide bonds. The predicted molar refractivity (Wildman–Crippen MR) is 137 cm³/mol. The van der Waals surface area contributed by atoms with Gasteiger partial charge in [0, 0.05) is 31.4 Å². The minimum atomic E-state index is -4.80. The number of aromatic amines is 1. The quantitative estimate of drug-likeness (QED) is 0.254. The Balaban J connectivity index is 1.52. The van der Waals surface area contributed by atoms with Gasteiger partial charge >= 0.3 is 6.18 Å². The minimum absolute atomic E-state index is 0.114. The van der Waals surface area contributed by atoms with E-state index in [2.05, 4.69) is 20.4 Å². The number of carbonyl (C=O) groups is 1. The molecule has 0 saturated carbocycles. The van der Waals surface area contributed by atoms with E-state index < -0.39 is 42.1 Å². The Morgan fingerprint density at radius 2 is 1.93 bits per heavy atom. The van der Waals surface area contributed by atoms with E-state index in [1.807, 2.05) is 0 Å². The number of fused-ring (bicyclic) bond motifs is 2. The molecule has 3 unspecified atom stereocenters. The number of nitrogens with one attached hydrogen (secondary N) is 1. The molecule has 14 heteroatoms. The van der Waals surface area contributed by atoms with Crippen LogP contribution in [0.25, 0.3) is 10.8 Å². The van der Waals surface area contributed by atoms with Crippen molar-refractivity contribution in [2.45, 2.75) is 51.2 Å². The van der Waals surface area contributed by atoms with Crippen LogP contribution in [0.15, 0.2) is 47.3 Å². The second-order valence-corrected chi connectivity index (χ2v) is 9.75. The molecule has 10 nitrogen and oxygen atoms in total. The van der Waals surface area contributed by atoms with Gasteiger partial charge in [0.05, 0.1) is 28.7 Å². The van der Waals surface area contributed by atoms with Crippen LogP contribution in [0.2, 0.25) is 0 Å². The first-order valence-corrected chi connectivity index (χ1v) is 12.9. The van der Waals surface area contributed by atoms with E-state index >= 15 is 4.39 Å². The van der Waals surface area contributed by atoms with E-state index in [4.69, 9.17) is 4.74 Å². The Labute approximate surface area is 230 Å². The lowest BCUT2D eigenvalue weighted by Crippen LogP contribution is -2.46. The summed E-state index contributed by atoms with van der Waals surface area (Å²) in [6, 6.07) is 8.72. The molecule has 2 aromatic carbocycles. The molecule has 1 aliphatic rings. The number of hydrogen-bond donors (Lipinski definition) is 2. The van der Waals surface area contributed by atoms with Crippen molar-refractivity contribution >= 4 is 16.7 Å². The molecule has 5 rings (SSSR count). The Kier molecular flexibility index (Phi) is 7.62. The fraction of sp³-hybridized carbons (Fsp3) is 0.370. The predicted octanol–water partition coefficient (Wildman–Crippen LogP) is 3.77. The van der Waals surface area contributed by atoms with Gasteiger partial charge in [0.15, 0.2) is 12.1 Å². The Hall–Kier alpha value is -4.17. The zero-order chi connectivity index (χ0) is 29.5. The first kappa shape index (κ1) is 28.4. The summed E-state index contributed by atoms with van der Waals surface area (Å²) in [6.45, 7) is 2.98. The molecule has 2 aromatic heterocycles. The highest BCUT2D eigenvalue weighted by atomic mass is 19.4. The summed E-state index contributed by atoms with van der Waals surface area (Å²) in [5, 5.41) is 25.0. The molecule has 0 aliphatic carbocycles. The third-order valence-electron chi connectivity index (χ3n) is 7.00. The maximum absolute atomic E-state index is 15.1. The molecule has 0 saturated heterocycles. The number of aromatic nitrogens is 5. The highest BCUT2D eigenvalue weighted by molar-refractivity contribution is 5.95. The van der Waals surface area contributed by atoms with Crippen molar-refractivity contribution in [3.05, 3.63) is 87.1 Å². The maximum atomic E-state index is 15.1. The second kappa shape index (κ2) is 11.0. The molecule has 41 heavy (non-hydrogen) atoms. The fourth-order valence-corrected chi connectivity index (χ4v) is 5.20. The van der Waals surface area contributed by atoms with Gasteiger partial charge in [-0.05, 0) is 37.6 Å². The zero-order valence-electron chi connectivity index (χ0n) is 22.0. The van der Waals surface area contributed by atoms with Crippen LogP contribution in [0.1, 0.15) is 65.6 Å². The molecular weight excluding hydrogens is 548 g/mol. The smallest absolute Gasteiger partial charge is 0.368 e. The van der Waals surface area contributed by atoms with E-state index in [9.17, 15) is 27.9 Å². The molecule has 0 spiro atoms. The Bertz CT molecular complexity index is 1650. The number of ether oxygens (including phenoxy) is 1. The summed E-state index contributed by atoms with van der Waals surface area (Å²) in [4.78, 5) is 27.1. The first-order chi connectivity index (χ1) is 19.5. The van der Waals surface area contributed by atoms with Crippen LogP contribution in [0.4, 0.5) is 17.6 Å². The summed E-state index contributed by atoms with van der Waals surface area (Å²) in [5.41, 5.74) is 0.337. The number of rotatable bonds is 7. The van der Waals surface area contributed by atoms with Crippen molar-refractivity contribution in [1.82, 2.24) is 29.9 Å². The molecule has 0 bridgehead atoms. The molecule has 3 atom stereocenters. The van der Waals surface area contributed by atoms with E-state index in [-0.39, 0.29) is 42.9 Å². The van der Waals surface area contributed by atoms with E-state index in [0.717, 1.165) is 10.6 Å². The maximum Gasteiger partial charge on any atom is 0.451 e. The third kappa shape index (κ3) is 5.44. The summed E-state index contributed by atoms with van der Waals surface area (Å²) in [6.07, 6.45) is -6.38. The van der Waals surface area contributed by atoms with Gasteiger partial charge in [-0.3, -0.25) is 9.59 Å². The van der Waals surface area contributed by atoms with Crippen molar-refractivity contribution in [2.24, 2.45) is 0 Å². The Morgan fingerprint density at radius 1 is 1.20 bits per heavy atom. The summed E-state index contributed by atoms with van der Waals surface area (Å²) < 4.78 is 62.2. The number of hydrogen-bond acceptors (Lipinski definition) is 7. The van der Waals surface area contributed by atoms with Crippen LogP contribution in [0, 0.1) is 5.82 Å². The molecule has 3 heterocycles. The fourth-order valence-electron chi connectivity index (χ4n) is 5.20. The number of aliphatic hydroxyl groups is 1. The van der Waals surface area contributed by atoms with Gasteiger partial charge < -0.3 is 19.3 Å². The van der Waals surface area contributed by atoms with Crippen molar-refractivity contribution in [3.63, 3.8) is 0 Å². The van der Waals surface area contributed by atoms with Gasteiger partial charge in [0.25, 0.3) is 11.5 Å². The van der Waals surface area contributed by atoms with E-state index in [1.54, 1.807) is 31.2 Å². The van der Waals surface area contributed by atoms with Gasteiger partial charge in [0.1, 0.15) is 5.82 Å². The number of carbonyl (C=O) groups excluding carboxylic acids is 1. The number of benzene rings is 2. The summed E-state index contributed by atoms with van der Waals surface area (Å²) in [7, 11) is 0. The van der Waals surface area contributed by atoms with Crippen LogP contribution >= 0.6 is 0 Å². The lowest BCUT2D eigenvalue weighted by atomic mass is 10.00. The molecule has 0 radical (unpaired) electrons. The second-order valence-electron chi connectivity index (χ2n) is 9.75. The lowest BCUT2D eigenvalue weighted by molar-refractivity contribution is -0.149. The van der Waals surface area contributed by atoms with Gasteiger partial charge in [-0.15, -0.1) is 10.2 Å². The molecular formula is C27H26F4N6O4. The number of H-pyrrole nitrogens is 1. The monoisotopic (exact) mass is 574 g/mol. The lowest BCUT2D eigenvalue weighted by Gasteiger charge is -2.40. The van der Waals surface area contributed by atoms with Gasteiger partial charge in [0.2, 0.25) is 5.82 Å². The molecule has 0 fully saturated rings. The first-order valence-electron chi connectivity index (χ1n) is 12.9. The average Bonchev–Trinajstić information content (AvgIpc) is 3.40. The summed E-state index contributed by atoms with van der Waals surface area (Å²) >= 11 is 0. The largest absolute Gasteiger partial charge is 0.451 e. The highest BCUT2D eigenvalue weighted by Crippen LogP contribution is 2.39. The summed E-state index contributed by atoms with van der Waals surface area (Å²) in [5.74, 6) is -3.05. The molecule has 4 aromatic rings. The van der Waals surface area contributed by atoms with Crippen LogP contribution in [0.5, 0.6) is 0 Å². The molecule has 1 aliphatic heterocycles.